The van der Waals surface area contributed by atoms with E-state index in [1.807, 2.05) is 24.3 Å². The van der Waals surface area contributed by atoms with Gasteiger partial charge in [-0.05, 0) is 65.4 Å². The van der Waals surface area contributed by atoms with Crippen molar-refractivity contribution in [1.29, 1.82) is 0 Å². The van der Waals surface area contributed by atoms with Crippen molar-refractivity contribution >= 4 is 74.5 Å². The van der Waals surface area contributed by atoms with E-state index in [9.17, 15) is 18.4 Å². The van der Waals surface area contributed by atoms with Gasteiger partial charge in [0.05, 0.1) is 4.91 Å². The van der Waals surface area contributed by atoms with Crippen LogP contribution in [0.1, 0.15) is 18.4 Å². The van der Waals surface area contributed by atoms with Gasteiger partial charge in [0.25, 0.3) is 5.91 Å². The Bertz CT molecular complexity index is 1020. The number of anilines is 1. The molecule has 10 heteroatoms. The summed E-state index contributed by atoms with van der Waals surface area (Å²) in [7, 11) is 0. The lowest BCUT2D eigenvalue weighted by Gasteiger charge is -2.14. The molecule has 1 N–H and O–H groups in total. The molecule has 1 heterocycles. The first-order valence-corrected chi connectivity index (χ1v) is 11.5. The van der Waals surface area contributed by atoms with Gasteiger partial charge in [-0.15, -0.1) is 0 Å². The summed E-state index contributed by atoms with van der Waals surface area (Å²) in [6.07, 6.45) is 2.15. The lowest BCUT2D eigenvalue weighted by atomic mass is 10.2. The second-order valence-electron chi connectivity index (χ2n) is 6.41. The summed E-state index contributed by atoms with van der Waals surface area (Å²) in [6.45, 7) is -2.67. The second-order valence-corrected chi connectivity index (χ2v) is 9.33. The normalized spacial score (nSPS) is 15.1. The Balaban J connectivity index is 1.57. The second kappa shape index (κ2) is 11.0. The number of benzene rings is 2. The number of thiocarbonyl (C=S) groups is 1. The fraction of sp³-hybridized carbons (Fsp3) is 0.190. The van der Waals surface area contributed by atoms with Crippen LogP contribution in [0.25, 0.3) is 6.08 Å². The molecule has 31 heavy (non-hydrogen) atoms. The maximum Gasteiger partial charge on any atom is 0.387 e. The summed E-state index contributed by atoms with van der Waals surface area (Å²) in [5.41, 5.74) is 1.07. The van der Waals surface area contributed by atoms with Crippen LogP contribution in [0.5, 0.6) is 5.75 Å². The number of hydrogen-bond acceptors (Lipinski definition) is 5. The zero-order chi connectivity index (χ0) is 22.4. The van der Waals surface area contributed by atoms with E-state index in [1.54, 1.807) is 18.2 Å². The fourth-order valence-corrected chi connectivity index (χ4v) is 4.45. The third kappa shape index (κ3) is 6.71. The van der Waals surface area contributed by atoms with Gasteiger partial charge in [-0.3, -0.25) is 14.5 Å². The molecule has 0 atom stereocenters. The molecule has 0 radical (unpaired) electrons. The third-order valence-corrected chi connectivity index (χ3v) is 6.31. The van der Waals surface area contributed by atoms with E-state index in [1.165, 1.54) is 17.0 Å². The first-order chi connectivity index (χ1) is 14.8. The van der Waals surface area contributed by atoms with Crippen molar-refractivity contribution in [3.8, 4) is 5.75 Å². The van der Waals surface area contributed by atoms with Crippen LogP contribution in [0.15, 0.2) is 53.4 Å². The third-order valence-electron chi connectivity index (χ3n) is 4.21. The smallest absolute Gasteiger partial charge is 0.387 e. The lowest BCUT2D eigenvalue weighted by molar-refractivity contribution is -0.122. The highest BCUT2D eigenvalue weighted by molar-refractivity contribution is 14.1. The molecule has 0 spiro atoms. The Hall–Kier alpha value is -2.05. The Kier molecular flexibility index (Phi) is 8.38. The number of thioether (sulfide) groups is 1. The van der Waals surface area contributed by atoms with Gasteiger partial charge in [-0.25, -0.2) is 0 Å². The van der Waals surface area contributed by atoms with E-state index < -0.39 is 6.61 Å². The van der Waals surface area contributed by atoms with Gasteiger partial charge >= 0.3 is 6.61 Å². The van der Waals surface area contributed by atoms with E-state index in [4.69, 9.17) is 12.2 Å². The number of amides is 2. The number of nitrogens with zero attached hydrogens (tertiary/aromatic N) is 1. The first-order valence-electron chi connectivity index (χ1n) is 9.18. The SMILES string of the molecule is O=C(CCCN1C(=O)/C(=C/c2ccccc2OC(F)F)SC1=S)Nc1ccc(I)cc1. The van der Waals surface area contributed by atoms with Crippen molar-refractivity contribution < 1.29 is 23.1 Å². The molecule has 0 bridgehead atoms. The lowest BCUT2D eigenvalue weighted by Crippen LogP contribution is -2.29. The van der Waals surface area contributed by atoms with Crippen molar-refractivity contribution in [2.24, 2.45) is 0 Å². The fourth-order valence-electron chi connectivity index (χ4n) is 2.79. The van der Waals surface area contributed by atoms with Gasteiger partial charge in [0.15, 0.2) is 0 Å². The number of alkyl halides is 2. The molecule has 162 valence electrons. The molecular weight excluding hydrogens is 557 g/mol. The highest BCUT2D eigenvalue weighted by Crippen LogP contribution is 2.34. The molecule has 1 aliphatic heterocycles. The Labute approximate surface area is 201 Å². The van der Waals surface area contributed by atoms with Crippen molar-refractivity contribution in [2.45, 2.75) is 19.5 Å². The molecule has 1 saturated heterocycles. The van der Waals surface area contributed by atoms with E-state index in [2.05, 4.69) is 32.6 Å². The van der Waals surface area contributed by atoms with Crippen molar-refractivity contribution in [3.05, 3.63) is 62.6 Å². The summed E-state index contributed by atoms with van der Waals surface area (Å²) in [5, 5.41) is 2.81. The van der Waals surface area contributed by atoms with Gasteiger partial charge in [-0.1, -0.05) is 42.2 Å². The van der Waals surface area contributed by atoms with E-state index >= 15 is 0 Å². The molecule has 1 aliphatic rings. The Morgan fingerprint density at radius 1 is 1.23 bits per heavy atom. The quantitative estimate of drug-likeness (QED) is 0.256. The summed E-state index contributed by atoms with van der Waals surface area (Å²) >= 11 is 8.56. The maximum atomic E-state index is 12.7. The summed E-state index contributed by atoms with van der Waals surface area (Å²) < 4.78 is 31.1. The van der Waals surface area contributed by atoms with Gasteiger partial charge in [-0.2, -0.15) is 8.78 Å². The number of ether oxygens (including phenoxy) is 1. The standard InChI is InChI=1S/C21H17F2IN2O3S2/c22-20(23)29-16-5-2-1-4-13(16)12-17-19(28)26(21(30)31-17)11-3-6-18(27)25-15-9-7-14(24)8-10-15/h1-2,4-5,7-10,12,20H,3,6,11H2,(H,25,27)/b17-12-. The minimum atomic E-state index is -2.96. The minimum absolute atomic E-state index is 0.0185. The van der Waals surface area contributed by atoms with Gasteiger partial charge in [0.1, 0.15) is 10.1 Å². The summed E-state index contributed by atoms with van der Waals surface area (Å²) in [6, 6.07) is 13.7. The van der Waals surface area contributed by atoms with Gasteiger partial charge in [0, 0.05) is 27.8 Å². The molecule has 2 aromatic carbocycles. The average Bonchev–Trinajstić information content (AvgIpc) is 2.98. The number of rotatable bonds is 8. The molecule has 3 rings (SSSR count). The molecule has 0 aromatic heterocycles. The van der Waals surface area contributed by atoms with Crippen molar-refractivity contribution in [2.75, 3.05) is 11.9 Å². The van der Waals surface area contributed by atoms with Crippen LogP contribution in [-0.2, 0) is 9.59 Å². The van der Waals surface area contributed by atoms with Crippen molar-refractivity contribution in [3.63, 3.8) is 0 Å². The van der Waals surface area contributed by atoms with Gasteiger partial charge < -0.3 is 10.1 Å². The van der Waals surface area contributed by atoms with Crippen LogP contribution in [-0.4, -0.2) is 34.2 Å². The summed E-state index contributed by atoms with van der Waals surface area (Å²) in [4.78, 5) is 26.6. The van der Waals surface area contributed by atoms with Crippen LogP contribution in [0, 0.1) is 3.57 Å². The van der Waals surface area contributed by atoms with Crippen LogP contribution in [0.2, 0.25) is 0 Å². The topological polar surface area (TPSA) is 58.6 Å². The molecule has 0 saturated carbocycles. The highest BCUT2D eigenvalue weighted by atomic mass is 127. The van der Waals surface area contributed by atoms with Crippen molar-refractivity contribution in [1.82, 2.24) is 4.90 Å². The minimum Gasteiger partial charge on any atom is -0.434 e. The molecule has 2 aromatic rings. The zero-order valence-corrected chi connectivity index (χ0v) is 19.8. The average molecular weight is 574 g/mol. The number of carbonyl (C=O) groups is 2. The number of nitrogens with one attached hydrogen (secondary N) is 1. The Morgan fingerprint density at radius 2 is 1.94 bits per heavy atom. The predicted molar refractivity (Wildman–Crippen MR) is 130 cm³/mol. The van der Waals surface area contributed by atoms with Crippen LogP contribution in [0.4, 0.5) is 14.5 Å². The maximum absolute atomic E-state index is 12.7. The first kappa shape index (κ1) is 23.6. The summed E-state index contributed by atoms with van der Waals surface area (Å²) in [5.74, 6) is -0.491. The zero-order valence-electron chi connectivity index (χ0n) is 16.0. The molecular formula is C21H17F2IN2O3S2. The molecule has 5 nitrogen and oxygen atoms in total. The number of halogens is 3. The molecule has 1 fully saturated rings. The molecule has 0 unspecified atom stereocenters. The number of hydrogen-bond donors (Lipinski definition) is 1. The predicted octanol–water partition coefficient (Wildman–Crippen LogP) is 5.51. The van der Waals surface area contributed by atoms with Crippen LogP contribution in [0.3, 0.4) is 0 Å². The monoisotopic (exact) mass is 574 g/mol. The molecule has 0 aliphatic carbocycles. The highest BCUT2D eigenvalue weighted by Gasteiger charge is 2.32. The van der Waals surface area contributed by atoms with E-state index in [0.29, 0.717) is 26.9 Å². The number of para-hydroxylation sites is 1. The van der Waals surface area contributed by atoms with E-state index in [-0.39, 0.29) is 30.5 Å². The Morgan fingerprint density at radius 3 is 2.65 bits per heavy atom. The van der Waals surface area contributed by atoms with Gasteiger partial charge in [0.2, 0.25) is 5.91 Å². The van der Waals surface area contributed by atoms with Crippen LogP contribution < -0.4 is 10.1 Å². The molecule has 2 amide bonds. The number of carbonyl (C=O) groups excluding carboxylic acids is 2. The van der Waals surface area contributed by atoms with E-state index in [0.717, 1.165) is 15.3 Å². The largest absolute Gasteiger partial charge is 0.434 e. The van der Waals surface area contributed by atoms with Crippen LogP contribution >= 0.6 is 46.6 Å².